The lowest BCUT2D eigenvalue weighted by Gasteiger charge is -2.08. The molecule has 2 heterocycles. The summed E-state index contributed by atoms with van der Waals surface area (Å²) in [7, 11) is 1.63. The fourth-order valence-electron chi connectivity index (χ4n) is 1.51. The summed E-state index contributed by atoms with van der Waals surface area (Å²) < 4.78 is 5.23. The molecule has 0 amide bonds. The number of ether oxygens (including phenoxy) is 1. The van der Waals surface area contributed by atoms with Crippen molar-refractivity contribution in [2.45, 2.75) is 6.42 Å². The Morgan fingerprint density at radius 2 is 2.19 bits per heavy atom. The second-order valence-corrected chi connectivity index (χ2v) is 3.40. The second kappa shape index (κ2) is 4.61. The van der Waals surface area contributed by atoms with Gasteiger partial charge >= 0.3 is 0 Å². The largest absolute Gasteiger partial charge is 0.495 e. The third-order valence-electron chi connectivity index (χ3n) is 2.37. The Balaban J connectivity index is 2.30. The van der Waals surface area contributed by atoms with E-state index in [1.54, 1.807) is 31.8 Å². The van der Waals surface area contributed by atoms with E-state index in [1.165, 1.54) is 0 Å². The van der Waals surface area contributed by atoms with Crippen LogP contribution in [0.15, 0.2) is 36.8 Å². The molecule has 0 radical (unpaired) electrons. The van der Waals surface area contributed by atoms with Crippen LogP contribution in [0.4, 0.5) is 5.69 Å². The molecule has 0 saturated carbocycles. The Hall–Kier alpha value is -2.10. The van der Waals surface area contributed by atoms with Crippen molar-refractivity contribution in [1.82, 2.24) is 9.97 Å². The van der Waals surface area contributed by atoms with Gasteiger partial charge in [0.05, 0.1) is 12.8 Å². The van der Waals surface area contributed by atoms with Gasteiger partial charge < -0.3 is 10.5 Å². The number of aromatic nitrogens is 2. The summed E-state index contributed by atoms with van der Waals surface area (Å²) in [6.07, 6.45) is 5.80. The van der Waals surface area contributed by atoms with Crippen molar-refractivity contribution in [3.63, 3.8) is 0 Å². The van der Waals surface area contributed by atoms with E-state index >= 15 is 0 Å². The smallest absolute Gasteiger partial charge is 0.140 e. The first-order chi connectivity index (χ1) is 7.81. The van der Waals surface area contributed by atoms with Gasteiger partial charge in [0.15, 0.2) is 0 Å². The van der Waals surface area contributed by atoms with Crippen molar-refractivity contribution in [3.8, 4) is 5.75 Å². The zero-order valence-corrected chi connectivity index (χ0v) is 9.05. The first-order valence-electron chi connectivity index (χ1n) is 4.97. The summed E-state index contributed by atoms with van der Waals surface area (Å²) in [5, 5.41) is 0. The van der Waals surface area contributed by atoms with E-state index in [0.29, 0.717) is 6.42 Å². The minimum absolute atomic E-state index is 0.629. The molecule has 0 aliphatic carbocycles. The molecule has 0 aliphatic rings. The van der Waals surface area contributed by atoms with Gasteiger partial charge in [0, 0.05) is 30.7 Å². The Bertz CT molecular complexity index is 485. The van der Waals surface area contributed by atoms with Crippen LogP contribution in [-0.4, -0.2) is 17.1 Å². The quantitative estimate of drug-likeness (QED) is 0.845. The van der Waals surface area contributed by atoms with E-state index in [0.717, 1.165) is 22.7 Å². The number of anilines is 1. The van der Waals surface area contributed by atoms with E-state index in [1.807, 2.05) is 12.1 Å². The predicted molar refractivity (Wildman–Crippen MR) is 62.2 cm³/mol. The molecule has 0 fully saturated rings. The third-order valence-corrected chi connectivity index (χ3v) is 2.37. The highest BCUT2D eigenvalue weighted by Crippen LogP contribution is 2.20. The molecular formula is C12H13N3O. The highest BCUT2D eigenvalue weighted by molar-refractivity contribution is 5.47. The normalized spacial score (nSPS) is 10.1. The molecule has 0 unspecified atom stereocenters. The van der Waals surface area contributed by atoms with Crippen LogP contribution >= 0.6 is 0 Å². The molecule has 16 heavy (non-hydrogen) atoms. The van der Waals surface area contributed by atoms with Gasteiger partial charge in [-0.15, -0.1) is 0 Å². The first-order valence-corrected chi connectivity index (χ1v) is 4.97. The lowest BCUT2D eigenvalue weighted by molar-refractivity contribution is 0.408. The number of nitrogens with zero attached hydrogens (tertiary/aromatic N) is 2. The van der Waals surface area contributed by atoms with Crippen LogP contribution < -0.4 is 10.5 Å². The topological polar surface area (TPSA) is 61.0 Å². The van der Waals surface area contributed by atoms with Gasteiger partial charge in [-0.25, -0.2) is 0 Å². The second-order valence-electron chi connectivity index (χ2n) is 3.40. The predicted octanol–water partition coefficient (Wildman–Crippen LogP) is 1.66. The summed E-state index contributed by atoms with van der Waals surface area (Å²) in [6.45, 7) is 0. The molecule has 0 saturated heterocycles. The molecule has 4 nitrogen and oxygen atoms in total. The highest BCUT2D eigenvalue weighted by Gasteiger charge is 2.06. The van der Waals surface area contributed by atoms with Gasteiger partial charge in [-0.1, -0.05) is 0 Å². The van der Waals surface area contributed by atoms with E-state index in [9.17, 15) is 0 Å². The van der Waals surface area contributed by atoms with Crippen molar-refractivity contribution in [2.24, 2.45) is 0 Å². The molecule has 2 aromatic heterocycles. The number of pyridine rings is 2. The van der Waals surface area contributed by atoms with Crippen molar-refractivity contribution in [1.29, 1.82) is 0 Å². The number of rotatable bonds is 3. The van der Waals surface area contributed by atoms with Crippen LogP contribution in [0.3, 0.4) is 0 Å². The molecular weight excluding hydrogens is 202 g/mol. The number of nitrogen functional groups attached to an aromatic ring is 1. The van der Waals surface area contributed by atoms with Crippen LogP contribution in [0.5, 0.6) is 5.75 Å². The number of hydrogen-bond donors (Lipinski definition) is 1. The molecule has 0 aliphatic heterocycles. The molecule has 0 spiro atoms. The van der Waals surface area contributed by atoms with E-state index in [4.69, 9.17) is 10.5 Å². The molecule has 0 aromatic carbocycles. The monoisotopic (exact) mass is 215 g/mol. The maximum Gasteiger partial charge on any atom is 0.140 e. The van der Waals surface area contributed by atoms with E-state index in [2.05, 4.69) is 9.97 Å². The Morgan fingerprint density at radius 3 is 2.94 bits per heavy atom. The summed E-state index contributed by atoms with van der Waals surface area (Å²) in [4.78, 5) is 8.33. The van der Waals surface area contributed by atoms with E-state index < -0.39 is 0 Å². The summed E-state index contributed by atoms with van der Waals surface area (Å²) >= 11 is 0. The lowest BCUT2D eigenvalue weighted by Crippen LogP contribution is -2.00. The fraction of sp³-hybridized carbons (Fsp3) is 0.167. The van der Waals surface area contributed by atoms with Gasteiger partial charge in [0.2, 0.25) is 0 Å². The molecule has 2 aromatic rings. The number of nitrogens with two attached hydrogens (primary N) is 1. The van der Waals surface area contributed by atoms with Crippen LogP contribution in [0.2, 0.25) is 0 Å². The van der Waals surface area contributed by atoms with Crippen molar-refractivity contribution in [3.05, 3.63) is 48.0 Å². The average Bonchev–Trinajstić information content (AvgIpc) is 2.33. The maximum atomic E-state index is 5.85. The van der Waals surface area contributed by atoms with Gasteiger partial charge in [0.1, 0.15) is 5.75 Å². The van der Waals surface area contributed by atoms with E-state index in [-0.39, 0.29) is 0 Å². The average molecular weight is 215 g/mol. The molecule has 2 rings (SSSR count). The summed E-state index contributed by atoms with van der Waals surface area (Å²) in [6, 6.07) is 5.51. The minimum atomic E-state index is 0.629. The Morgan fingerprint density at radius 1 is 1.31 bits per heavy atom. The highest BCUT2D eigenvalue weighted by atomic mass is 16.5. The zero-order valence-electron chi connectivity index (χ0n) is 9.05. The van der Waals surface area contributed by atoms with Crippen LogP contribution in [0, 0.1) is 0 Å². The van der Waals surface area contributed by atoms with Crippen LogP contribution in [-0.2, 0) is 6.42 Å². The number of methoxy groups -OCH3 is 1. The molecule has 4 heteroatoms. The Kier molecular flexibility index (Phi) is 3.00. The molecule has 0 atom stereocenters. The lowest BCUT2D eigenvalue weighted by atomic mass is 10.1. The van der Waals surface area contributed by atoms with Crippen LogP contribution in [0.25, 0.3) is 0 Å². The first kappa shape index (κ1) is 10.4. The van der Waals surface area contributed by atoms with Crippen molar-refractivity contribution in [2.75, 3.05) is 12.8 Å². The Labute approximate surface area is 94.1 Å². The summed E-state index contributed by atoms with van der Waals surface area (Å²) in [5.74, 6) is 0.769. The van der Waals surface area contributed by atoms with Gasteiger partial charge in [-0.2, -0.15) is 0 Å². The number of hydrogen-bond acceptors (Lipinski definition) is 4. The van der Waals surface area contributed by atoms with Gasteiger partial charge in [-0.05, 0) is 23.8 Å². The SMILES string of the molecule is COc1cccnc1Cc1cnccc1N. The molecule has 82 valence electrons. The fourth-order valence-corrected chi connectivity index (χ4v) is 1.51. The maximum absolute atomic E-state index is 5.85. The van der Waals surface area contributed by atoms with Crippen molar-refractivity contribution < 1.29 is 4.74 Å². The zero-order chi connectivity index (χ0) is 11.4. The third kappa shape index (κ3) is 2.11. The van der Waals surface area contributed by atoms with Gasteiger partial charge in [0.25, 0.3) is 0 Å². The summed E-state index contributed by atoms with van der Waals surface area (Å²) in [5.41, 5.74) is 8.40. The van der Waals surface area contributed by atoms with Gasteiger partial charge in [-0.3, -0.25) is 9.97 Å². The molecule has 0 bridgehead atoms. The molecule has 2 N–H and O–H groups in total. The van der Waals surface area contributed by atoms with Crippen molar-refractivity contribution >= 4 is 5.69 Å². The standard InChI is InChI=1S/C12H13N3O/c1-16-12-3-2-5-15-11(12)7-9-8-14-6-4-10(9)13/h2-6,8H,7H2,1H3,(H2,13,14). The van der Waals surface area contributed by atoms with Crippen LogP contribution in [0.1, 0.15) is 11.3 Å². The minimum Gasteiger partial charge on any atom is -0.495 e.